The van der Waals surface area contributed by atoms with Crippen LogP contribution >= 0.6 is 15.9 Å². The summed E-state index contributed by atoms with van der Waals surface area (Å²) >= 11 is 3.41. The van der Waals surface area contributed by atoms with Crippen molar-refractivity contribution in [2.45, 2.75) is 12.7 Å². The molecule has 0 aliphatic carbocycles. The first kappa shape index (κ1) is 17.5. The Morgan fingerprint density at radius 1 is 1.12 bits per heavy atom. The second kappa shape index (κ2) is 7.71. The van der Waals surface area contributed by atoms with Gasteiger partial charge in [0, 0.05) is 16.4 Å². The lowest BCUT2D eigenvalue weighted by molar-refractivity contribution is -0.0498. The number of rotatable bonds is 6. The molecule has 1 aromatic heterocycles. The Hall–Kier alpha value is -2.32. The summed E-state index contributed by atoms with van der Waals surface area (Å²) in [6.07, 6.45) is 0.610. The van der Waals surface area contributed by atoms with Crippen LogP contribution in [0.1, 0.15) is 11.7 Å². The van der Waals surface area contributed by atoms with Crippen molar-refractivity contribution in [1.29, 1.82) is 0 Å². The molecule has 130 valence electrons. The summed E-state index contributed by atoms with van der Waals surface area (Å²) in [7, 11) is 0. The van der Waals surface area contributed by atoms with Crippen LogP contribution in [0.25, 0.3) is 10.9 Å². The number of halogens is 3. The number of aliphatic hydroxyl groups excluding tert-OH is 1. The first-order valence-corrected chi connectivity index (χ1v) is 8.19. The SMILES string of the molecule is OC(CNc1ncnc2ccc(Br)cc12)c1ccc(OC(F)F)cc1. The van der Waals surface area contributed by atoms with Gasteiger partial charge in [-0.3, -0.25) is 0 Å². The van der Waals surface area contributed by atoms with Crippen LogP contribution in [0.4, 0.5) is 14.6 Å². The molecule has 0 bridgehead atoms. The number of alkyl halides is 2. The molecule has 2 aromatic carbocycles. The normalized spacial score (nSPS) is 12.4. The van der Waals surface area contributed by atoms with Gasteiger partial charge < -0.3 is 15.2 Å². The zero-order valence-corrected chi connectivity index (χ0v) is 14.5. The lowest BCUT2D eigenvalue weighted by Gasteiger charge is -2.14. The zero-order valence-electron chi connectivity index (χ0n) is 12.9. The van der Waals surface area contributed by atoms with E-state index in [1.807, 2.05) is 18.2 Å². The molecule has 3 rings (SSSR count). The van der Waals surface area contributed by atoms with E-state index in [0.717, 1.165) is 15.4 Å². The van der Waals surface area contributed by atoms with E-state index >= 15 is 0 Å². The highest BCUT2D eigenvalue weighted by atomic mass is 79.9. The van der Waals surface area contributed by atoms with Gasteiger partial charge in [-0.05, 0) is 35.9 Å². The van der Waals surface area contributed by atoms with Crippen molar-refractivity contribution in [2.75, 3.05) is 11.9 Å². The van der Waals surface area contributed by atoms with E-state index in [0.29, 0.717) is 11.4 Å². The van der Waals surface area contributed by atoms with Crippen LogP contribution < -0.4 is 10.1 Å². The molecule has 1 heterocycles. The van der Waals surface area contributed by atoms with Gasteiger partial charge in [0.2, 0.25) is 0 Å². The van der Waals surface area contributed by atoms with Crippen molar-refractivity contribution < 1.29 is 18.6 Å². The predicted octanol–water partition coefficient (Wildman–Crippen LogP) is 4.14. The third-order valence-corrected chi connectivity index (χ3v) is 4.04. The van der Waals surface area contributed by atoms with Crippen LogP contribution in [0.3, 0.4) is 0 Å². The summed E-state index contributed by atoms with van der Waals surface area (Å²) in [5.74, 6) is 0.647. The van der Waals surface area contributed by atoms with Gasteiger partial charge in [0.25, 0.3) is 0 Å². The minimum Gasteiger partial charge on any atom is -0.435 e. The van der Waals surface area contributed by atoms with Gasteiger partial charge in [-0.25, -0.2) is 9.97 Å². The van der Waals surface area contributed by atoms with E-state index in [-0.39, 0.29) is 12.3 Å². The summed E-state index contributed by atoms with van der Waals surface area (Å²) in [6.45, 7) is -2.67. The lowest BCUT2D eigenvalue weighted by atomic mass is 10.1. The van der Waals surface area contributed by atoms with Crippen molar-refractivity contribution in [2.24, 2.45) is 0 Å². The Morgan fingerprint density at radius 3 is 2.60 bits per heavy atom. The Morgan fingerprint density at radius 2 is 1.88 bits per heavy atom. The first-order valence-electron chi connectivity index (χ1n) is 7.40. The number of aliphatic hydroxyl groups is 1. The molecule has 0 saturated carbocycles. The summed E-state index contributed by atoms with van der Waals surface area (Å²) in [6, 6.07) is 11.5. The molecule has 5 nitrogen and oxygen atoms in total. The second-order valence-corrected chi connectivity index (χ2v) is 6.14. The summed E-state index contributed by atoms with van der Waals surface area (Å²) < 4.78 is 29.5. The molecule has 1 atom stereocenters. The molecule has 0 radical (unpaired) electrons. The maximum atomic E-state index is 12.1. The average molecular weight is 410 g/mol. The van der Waals surface area contributed by atoms with Crippen LogP contribution in [0.2, 0.25) is 0 Å². The Kier molecular flexibility index (Phi) is 5.40. The van der Waals surface area contributed by atoms with Crippen LogP contribution in [0, 0.1) is 0 Å². The molecule has 8 heteroatoms. The van der Waals surface area contributed by atoms with Gasteiger partial charge in [0.05, 0.1) is 11.6 Å². The number of aromatic nitrogens is 2. The third kappa shape index (κ3) is 4.40. The van der Waals surface area contributed by atoms with E-state index in [9.17, 15) is 13.9 Å². The van der Waals surface area contributed by atoms with Crippen molar-refractivity contribution in [1.82, 2.24) is 9.97 Å². The lowest BCUT2D eigenvalue weighted by Crippen LogP contribution is -2.13. The third-order valence-electron chi connectivity index (χ3n) is 3.55. The number of ether oxygens (including phenoxy) is 1. The molecule has 25 heavy (non-hydrogen) atoms. The molecule has 1 unspecified atom stereocenters. The van der Waals surface area contributed by atoms with E-state index < -0.39 is 12.7 Å². The van der Waals surface area contributed by atoms with Gasteiger partial charge in [-0.2, -0.15) is 8.78 Å². The average Bonchev–Trinajstić information content (AvgIpc) is 2.59. The van der Waals surface area contributed by atoms with E-state index in [4.69, 9.17) is 0 Å². The van der Waals surface area contributed by atoms with Crippen molar-refractivity contribution in [3.05, 3.63) is 58.8 Å². The fraction of sp³-hybridized carbons (Fsp3) is 0.176. The van der Waals surface area contributed by atoms with E-state index in [2.05, 4.69) is 36.0 Å². The van der Waals surface area contributed by atoms with Gasteiger partial charge in [0.1, 0.15) is 17.9 Å². The smallest absolute Gasteiger partial charge is 0.387 e. The molecule has 0 amide bonds. The fourth-order valence-electron chi connectivity index (χ4n) is 2.35. The molecule has 0 aliphatic heterocycles. The predicted molar refractivity (Wildman–Crippen MR) is 93.8 cm³/mol. The molecule has 3 aromatic rings. The van der Waals surface area contributed by atoms with Gasteiger partial charge in [-0.1, -0.05) is 28.1 Å². The number of benzene rings is 2. The van der Waals surface area contributed by atoms with Crippen LogP contribution in [0.5, 0.6) is 5.75 Å². The maximum absolute atomic E-state index is 12.1. The van der Waals surface area contributed by atoms with Crippen LogP contribution in [-0.4, -0.2) is 28.2 Å². The Labute approximate surface area is 150 Å². The minimum absolute atomic E-state index is 0.0468. The number of hydrogen-bond acceptors (Lipinski definition) is 5. The molecule has 0 saturated heterocycles. The molecular weight excluding hydrogens is 396 g/mol. The Balaban J connectivity index is 1.70. The highest BCUT2D eigenvalue weighted by Crippen LogP contribution is 2.24. The minimum atomic E-state index is -2.87. The van der Waals surface area contributed by atoms with Crippen molar-refractivity contribution in [3.63, 3.8) is 0 Å². The summed E-state index contributed by atoms with van der Waals surface area (Å²) in [5.41, 5.74) is 1.36. The number of anilines is 1. The number of fused-ring (bicyclic) bond motifs is 1. The molecule has 0 spiro atoms. The standard InChI is InChI=1S/C17H14BrF2N3O2/c18-11-3-6-14-13(7-11)16(23-9-22-14)21-8-15(24)10-1-4-12(5-2-10)25-17(19)20/h1-7,9,15,17,24H,8H2,(H,21,22,23). The quantitative estimate of drug-likeness (QED) is 0.640. The van der Waals surface area contributed by atoms with Gasteiger partial charge in [-0.15, -0.1) is 0 Å². The fourth-order valence-corrected chi connectivity index (χ4v) is 2.71. The maximum Gasteiger partial charge on any atom is 0.387 e. The topological polar surface area (TPSA) is 67.3 Å². The Bertz CT molecular complexity index is 862. The molecule has 0 aliphatic rings. The van der Waals surface area contributed by atoms with Crippen molar-refractivity contribution >= 4 is 32.7 Å². The number of hydrogen-bond donors (Lipinski definition) is 2. The second-order valence-electron chi connectivity index (χ2n) is 5.23. The zero-order chi connectivity index (χ0) is 17.8. The van der Waals surface area contributed by atoms with Crippen LogP contribution in [-0.2, 0) is 0 Å². The summed E-state index contributed by atoms with van der Waals surface area (Å²) in [5, 5.41) is 14.2. The highest BCUT2D eigenvalue weighted by molar-refractivity contribution is 9.10. The molecule has 2 N–H and O–H groups in total. The van der Waals surface area contributed by atoms with E-state index in [1.54, 1.807) is 12.1 Å². The number of nitrogens with zero attached hydrogens (tertiary/aromatic N) is 2. The number of nitrogens with one attached hydrogen (secondary N) is 1. The monoisotopic (exact) mass is 409 g/mol. The van der Waals surface area contributed by atoms with Crippen LogP contribution in [0.15, 0.2) is 53.3 Å². The van der Waals surface area contributed by atoms with E-state index in [1.165, 1.54) is 18.5 Å². The molecular formula is C17H14BrF2N3O2. The largest absolute Gasteiger partial charge is 0.435 e. The van der Waals surface area contributed by atoms with Crippen molar-refractivity contribution in [3.8, 4) is 5.75 Å². The van der Waals surface area contributed by atoms with Gasteiger partial charge in [0.15, 0.2) is 0 Å². The van der Waals surface area contributed by atoms with Gasteiger partial charge >= 0.3 is 6.61 Å². The molecule has 0 fully saturated rings. The summed E-state index contributed by atoms with van der Waals surface area (Å²) in [4.78, 5) is 8.39. The first-order chi connectivity index (χ1) is 12.0. The highest BCUT2D eigenvalue weighted by Gasteiger charge is 2.11.